The molecule has 0 spiro atoms. The van der Waals surface area contributed by atoms with Crippen LogP contribution in [0.25, 0.3) is 0 Å². The minimum atomic E-state index is 0.421. The normalized spacial score (nSPS) is 12.4. The van der Waals surface area contributed by atoms with Crippen LogP contribution in [0, 0.1) is 0 Å². The van der Waals surface area contributed by atoms with E-state index in [2.05, 4.69) is 24.2 Å². The van der Waals surface area contributed by atoms with E-state index < -0.39 is 0 Å². The van der Waals surface area contributed by atoms with Gasteiger partial charge in [-0.15, -0.1) is 17.9 Å². The average molecular weight is 253 g/mol. The van der Waals surface area contributed by atoms with E-state index in [1.807, 2.05) is 12.1 Å². The monoisotopic (exact) mass is 253 g/mol. The lowest BCUT2D eigenvalue weighted by molar-refractivity contribution is 0.398. The van der Waals surface area contributed by atoms with E-state index in [1.54, 1.807) is 18.4 Å². The Labute approximate surface area is 109 Å². The number of rotatable bonds is 9. The topological polar surface area (TPSA) is 21.3 Å². The van der Waals surface area contributed by atoms with Crippen molar-refractivity contribution in [2.75, 3.05) is 13.7 Å². The van der Waals surface area contributed by atoms with Gasteiger partial charge < -0.3 is 10.1 Å². The third-order valence-corrected chi connectivity index (χ3v) is 3.75. The maximum Gasteiger partial charge on any atom is 0.134 e. The summed E-state index contributed by atoms with van der Waals surface area (Å²) in [7, 11) is 1.74. The minimum Gasteiger partial charge on any atom is -0.496 e. The molecule has 1 atom stereocenters. The highest BCUT2D eigenvalue weighted by Gasteiger charge is 2.16. The van der Waals surface area contributed by atoms with Gasteiger partial charge in [-0.1, -0.05) is 13.0 Å². The van der Waals surface area contributed by atoms with E-state index >= 15 is 0 Å². The number of methoxy groups -OCH3 is 1. The summed E-state index contributed by atoms with van der Waals surface area (Å²) >= 11 is 1.78. The van der Waals surface area contributed by atoms with Crippen molar-refractivity contribution in [1.82, 2.24) is 5.32 Å². The molecule has 0 radical (unpaired) electrons. The van der Waals surface area contributed by atoms with Crippen LogP contribution in [0.4, 0.5) is 0 Å². The number of unbranched alkanes of at least 4 members (excludes halogenated alkanes) is 1. The summed E-state index contributed by atoms with van der Waals surface area (Å²) in [6.45, 7) is 7.02. The molecule has 0 aromatic carbocycles. The van der Waals surface area contributed by atoms with Crippen molar-refractivity contribution in [2.24, 2.45) is 0 Å². The van der Waals surface area contributed by atoms with Crippen LogP contribution < -0.4 is 10.1 Å². The number of nitrogens with one attached hydrogen (secondary N) is 1. The average Bonchev–Trinajstić information content (AvgIpc) is 2.81. The third kappa shape index (κ3) is 4.52. The van der Waals surface area contributed by atoms with Crippen molar-refractivity contribution in [2.45, 2.75) is 38.6 Å². The number of thiophene rings is 1. The molecule has 1 aromatic heterocycles. The lowest BCUT2D eigenvalue weighted by atomic mass is 10.1. The number of allylic oxidation sites excluding steroid dienone is 1. The van der Waals surface area contributed by atoms with Gasteiger partial charge >= 0.3 is 0 Å². The van der Waals surface area contributed by atoms with E-state index in [0.29, 0.717) is 6.04 Å². The van der Waals surface area contributed by atoms with E-state index in [-0.39, 0.29) is 0 Å². The Morgan fingerprint density at radius 3 is 3.06 bits per heavy atom. The van der Waals surface area contributed by atoms with Crippen LogP contribution in [-0.4, -0.2) is 13.7 Å². The molecule has 2 nitrogen and oxygen atoms in total. The Kier molecular flexibility index (Phi) is 6.97. The maximum absolute atomic E-state index is 5.40. The van der Waals surface area contributed by atoms with Crippen molar-refractivity contribution < 1.29 is 4.74 Å². The zero-order valence-corrected chi connectivity index (χ0v) is 11.7. The van der Waals surface area contributed by atoms with Crippen LogP contribution in [0.15, 0.2) is 24.1 Å². The summed E-state index contributed by atoms with van der Waals surface area (Å²) in [4.78, 5) is 1.32. The molecule has 1 aromatic rings. The molecule has 1 N–H and O–H groups in total. The van der Waals surface area contributed by atoms with Gasteiger partial charge in [0.15, 0.2) is 0 Å². The van der Waals surface area contributed by atoms with Gasteiger partial charge in [0.1, 0.15) is 5.75 Å². The Morgan fingerprint density at radius 2 is 2.41 bits per heavy atom. The summed E-state index contributed by atoms with van der Waals surface area (Å²) in [6, 6.07) is 2.47. The second kappa shape index (κ2) is 8.31. The van der Waals surface area contributed by atoms with Gasteiger partial charge in [-0.2, -0.15) is 0 Å². The second-order valence-corrected chi connectivity index (χ2v) is 5.03. The Hall–Kier alpha value is -0.800. The van der Waals surface area contributed by atoms with Gasteiger partial charge in [0.2, 0.25) is 0 Å². The summed E-state index contributed by atoms with van der Waals surface area (Å²) in [5, 5.41) is 5.70. The molecule has 0 amide bonds. The minimum absolute atomic E-state index is 0.421. The van der Waals surface area contributed by atoms with Gasteiger partial charge in [0.25, 0.3) is 0 Å². The SMILES string of the molecule is C=CCCCC(NCCC)c1sccc1OC. The Bertz CT molecular complexity index is 322. The highest BCUT2D eigenvalue weighted by Crippen LogP contribution is 2.33. The van der Waals surface area contributed by atoms with Crippen LogP contribution in [0.5, 0.6) is 5.75 Å². The molecule has 1 rings (SSSR count). The first-order valence-corrected chi connectivity index (χ1v) is 7.17. The molecule has 3 heteroatoms. The fourth-order valence-electron chi connectivity index (χ4n) is 1.84. The van der Waals surface area contributed by atoms with E-state index in [9.17, 15) is 0 Å². The summed E-state index contributed by atoms with van der Waals surface area (Å²) in [5.74, 6) is 1.02. The van der Waals surface area contributed by atoms with Gasteiger partial charge in [-0.3, -0.25) is 0 Å². The first-order chi connectivity index (χ1) is 8.33. The largest absolute Gasteiger partial charge is 0.496 e. The molecular formula is C14H23NOS. The quantitative estimate of drug-likeness (QED) is 0.527. The highest BCUT2D eigenvalue weighted by atomic mass is 32.1. The molecule has 1 unspecified atom stereocenters. The fraction of sp³-hybridized carbons (Fsp3) is 0.571. The smallest absolute Gasteiger partial charge is 0.134 e. The molecule has 0 saturated carbocycles. The van der Waals surface area contributed by atoms with Crippen molar-refractivity contribution in [3.63, 3.8) is 0 Å². The predicted octanol–water partition coefficient (Wildman–Crippen LogP) is 4.15. The molecule has 0 bridgehead atoms. The van der Waals surface area contributed by atoms with Crippen molar-refractivity contribution in [3.8, 4) is 5.75 Å². The van der Waals surface area contributed by atoms with Crippen molar-refractivity contribution in [1.29, 1.82) is 0 Å². The fourth-order valence-corrected chi connectivity index (χ4v) is 2.81. The number of ether oxygens (including phenoxy) is 1. The first-order valence-electron chi connectivity index (χ1n) is 6.29. The maximum atomic E-state index is 5.40. The molecule has 0 fully saturated rings. The summed E-state index contributed by atoms with van der Waals surface area (Å²) in [5.41, 5.74) is 0. The van der Waals surface area contributed by atoms with Crippen LogP contribution in [-0.2, 0) is 0 Å². The van der Waals surface area contributed by atoms with E-state index in [4.69, 9.17) is 4.74 Å². The Morgan fingerprint density at radius 1 is 1.59 bits per heavy atom. The highest BCUT2D eigenvalue weighted by molar-refractivity contribution is 7.10. The van der Waals surface area contributed by atoms with Crippen LogP contribution in [0.1, 0.15) is 43.5 Å². The van der Waals surface area contributed by atoms with Crippen molar-refractivity contribution >= 4 is 11.3 Å². The molecule has 0 saturated heterocycles. The van der Waals surface area contributed by atoms with Crippen LogP contribution in [0.3, 0.4) is 0 Å². The van der Waals surface area contributed by atoms with Gasteiger partial charge in [-0.05, 0) is 43.7 Å². The molecule has 0 aliphatic rings. The number of hydrogen-bond acceptors (Lipinski definition) is 3. The zero-order valence-electron chi connectivity index (χ0n) is 10.9. The lowest BCUT2D eigenvalue weighted by Gasteiger charge is -2.18. The van der Waals surface area contributed by atoms with Gasteiger partial charge in [0, 0.05) is 6.04 Å². The molecule has 0 aliphatic heterocycles. The molecular weight excluding hydrogens is 230 g/mol. The molecule has 17 heavy (non-hydrogen) atoms. The molecule has 1 heterocycles. The van der Waals surface area contributed by atoms with Gasteiger partial charge in [0.05, 0.1) is 12.0 Å². The molecule has 0 aliphatic carbocycles. The van der Waals surface area contributed by atoms with Crippen LogP contribution >= 0.6 is 11.3 Å². The second-order valence-electron chi connectivity index (χ2n) is 4.08. The van der Waals surface area contributed by atoms with Crippen LogP contribution in [0.2, 0.25) is 0 Å². The number of hydrogen-bond donors (Lipinski definition) is 1. The van der Waals surface area contributed by atoms with Gasteiger partial charge in [-0.25, -0.2) is 0 Å². The first kappa shape index (κ1) is 14.3. The zero-order chi connectivity index (χ0) is 12.5. The van der Waals surface area contributed by atoms with E-state index in [1.165, 1.54) is 11.3 Å². The summed E-state index contributed by atoms with van der Waals surface area (Å²) < 4.78 is 5.40. The lowest BCUT2D eigenvalue weighted by Crippen LogP contribution is -2.21. The Balaban J connectivity index is 2.63. The third-order valence-electron chi connectivity index (χ3n) is 2.74. The molecule has 96 valence electrons. The standard InChI is InChI=1S/C14H23NOS/c1-4-6-7-8-12(15-10-5-2)14-13(16-3)9-11-17-14/h4,9,11-12,15H,1,5-8,10H2,2-3H3. The van der Waals surface area contributed by atoms with E-state index in [0.717, 1.165) is 31.6 Å². The predicted molar refractivity (Wildman–Crippen MR) is 76.0 cm³/mol. The summed E-state index contributed by atoms with van der Waals surface area (Å²) in [6.07, 6.45) is 6.54. The van der Waals surface area contributed by atoms with Crippen molar-refractivity contribution in [3.05, 3.63) is 29.0 Å².